The molecule has 4 atom stereocenters. The van der Waals surface area contributed by atoms with Gasteiger partial charge >= 0.3 is 0 Å². The first-order valence-corrected chi connectivity index (χ1v) is 8.73. The number of ether oxygens (including phenoxy) is 1. The van der Waals surface area contributed by atoms with Crippen molar-refractivity contribution < 1.29 is 4.74 Å². The fourth-order valence-electron chi connectivity index (χ4n) is 3.22. The summed E-state index contributed by atoms with van der Waals surface area (Å²) in [7, 11) is 1.73. The van der Waals surface area contributed by atoms with Crippen molar-refractivity contribution in [2.24, 2.45) is 9.98 Å². The molecule has 3 rings (SSSR count). The summed E-state index contributed by atoms with van der Waals surface area (Å²) < 4.78 is 5.52. The molecule has 0 aliphatic carbocycles. The van der Waals surface area contributed by atoms with Crippen molar-refractivity contribution in [1.82, 2.24) is 9.80 Å². The quantitative estimate of drug-likeness (QED) is 0.834. The van der Waals surface area contributed by atoms with Crippen LogP contribution in [0.2, 0.25) is 0 Å². The number of aliphatic imine (C=N–C) groups is 2. The predicted molar refractivity (Wildman–Crippen MR) is 98.9 cm³/mol. The van der Waals surface area contributed by atoms with Gasteiger partial charge in [0.25, 0.3) is 0 Å². The molecule has 1 aromatic rings. The number of hydrogen-bond acceptors (Lipinski definition) is 5. The van der Waals surface area contributed by atoms with E-state index in [2.05, 4.69) is 65.7 Å². The highest BCUT2D eigenvalue weighted by Crippen LogP contribution is 2.24. The summed E-state index contributed by atoms with van der Waals surface area (Å²) in [5.41, 5.74) is 2.52. The summed E-state index contributed by atoms with van der Waals surface area (Å²) in [5, 5.41) is 0. The van der Waals surface area contributed by atoms with Gasteiger partial charge in [-0.2, -0.15) is 0 Å². The van der Waals surface area contributed by atoms with Gasteiger partial charge in [0, 0.05) is 25.2 Å². The van der Waals surface area contributed by atoms with E-state index in [9.17, 15) is 0 Å². The van der Waals surface area contributed by atoms with E-state index in [0.29, 0.717) is 24.2 Å². The first kappa shape index (κ1) is 16.8. The summed E-state index contributed by atoms with van der Waals surface area (Å²) in [6.07, 6.45) is 3.96. The molecule has 130 valence electrons. The molecule has 0 spiro atoms. The highest BCUT2D eigenvalue weighted by atomic mass is 16.5. The Hall–Kier alpha value is -2.04. The molecule has 24 heavy (non-hydrogen) atoms. The van der Waals surface area contributed by atoms with Crippen molar-refractivity contribution in [3.05, 3.63) is 29.3 Å². The summed E-state index contributed by atoms with van der Waals surface area (Å²) in [4.78, 5) is 13.6. The van der Waals surface area contributed by atoms with Gasteiger partial charge in [0.05, 0.1) is 31.9 Å². The predicted octanol–water partition coefficient (Wildman–Crippen LogP) is 2.94. The van der Waals surface area contributed by atoms with Crippen LogP contribution in [-0.2, 0) is 13.1 Å². The van der Waals surface area contributed by atoms with Crippen LogP contribution in [0, 0.1) is 0 Å². The highest BCUT2D eigenvalue weighted by molar-refractivity contribution is 5.60. The standard InChI is InChI=1S/C19H28N4O/c1-13-15(3)22(11-20-13)9-17-6-18(8-19(7-17)24-5)10-23-12-21-14(2)16(23)4/h6-8,11-16H,9-10H2,1-5H3. The molecule has 1 aromatic carbocycles. The van der Waals surface area contributed by atoms with Gasteiger partial charge in [0.2, 0.25) is 0 Å². The van der Waals surface area contributed by atoms with E-state index in [0.717, 1.165) is 18.8 Å². The second-order valence-electron chi connectivity index (χ2n) is 7.03. The molecule has 0 radical (unpaired) electrons. The molecule has 0 saturated carbocycles. The number of hydrogen-bond donors (Lipinski definition) is 0. The van der Waals surface area contributed by atoms with Crippen molar-refractivity contribution in [1.29, 1.82) is 0 Å². The normalized spacial score (nSPS) is 28.9. The Kier molecular flexibility index (Phi) is 4.78. The number of rotatable bonds is 5. The van der Waals surface area contributed by atoms with Crippen LogP contribution in [0.15, 0.2) is 28.2 Å². The minimum Gasteiger partial charge on any atom is -0.497 e. The van der Waals surface area contributed by atoms with Gasteiger partial charge in [-0.1, -0.05) is 6.07 Å². The smallest absolute Gasteiger partial charge is 0.119 e. The minimum absolute atomic E-state index is 0.359. The number of benzene rings is 1. The summed E-state index contributed by atoms with van der Waals surface area (Å²) in [5.74, 6) is 0.913. The maximum absolute atomic E-state index is 5.52. The van der Waals surface area contributed by atoms with Crippen molar-refractivity contribution in [3.8, 4) is 5.75 Å². The number of methoxy groups -OCH3 is 1. The van der Waals surface area contributed by atoms with Gasteiger partial charge in [0.1, 0.15) is 5.75 Å². The van der Waals surface area contributed by atoms with Gasteiger partial charge in [-0.15, -0.1) is 0 Å². The number of nitrogens with zero attached hydrogens (tertiary/aromatic N) is 4. The van der Waals surface area contributed by atoms with Crippen LogP contribution in [0.1, 0.15) is 38.8 Å². The Bertz CT molecular complexity index is 592. The monoisotopic (exact) mass is 328 g/mol. The molecule has 0 fully saturated rings. The molecule has 0 N–H and O–H groups in total. The Balaban J connectivity index is 1.76. The van der Waals surface area contributed by atoms with Gasteiger partial charge < -0.3 is 14.5 Å². The molecular weight excluding hydrogens is 300 g/mol. The molecule has 2 aliphatic rings. The minimum atomic E-state index is 0.359. The topological polar surface area (TPSA) is 40.4 Å². The molecule has 0 aromatic heterocycles. The molecular formula is C19H28N4O. The SMILES string of the molecule is COc1cc(CN2C=NC(C)C2C)cc(CN2C=NC(C)C2C)c1. The fraction of sp³-hybridized carbons (Fsp3) is 0.579. The van der Waals surface area contributed by atoms with Crippen LogP contribution in [0.5, 0.6) is 5.75 Å². The second kappa shape index (κ2) is 6.83. The van der Waals surface area contributed by atoms with E-state index < -0.39 is 0 Å². The lowest BCUT2D eigenvalue weighted by Crippen LogP contribution is -2.32. The Morgan fingerprint density at radius 2 is 1.29 bits per heavy atom. The van der Waals surface area contributed by atoms with E-state index >= 15 is 0 Å². The van der Waals surface area contributed by atoms with E-state index in [1.54, 1.807) is 7.11 Å². The Morgan fingerprint density at radius 3 is 1.62 bits per heavy atom. The first-order chi connectivity index (χ1) is 11.5. The van der Waals surface area contributed by atoms with E-state index in [1.165, 1.54) is 11.1 Å². The third kappa shape index (κ3) is 3.40. The molecule has 5 heteroatoms. The lowest BCUT2D eigenvalue weighted by Gasteiger charge is -2.25. The largest absolute Gasteiger partial charge is 0.497 e. The average molecular weight is 328 g/mol. The molecule has 2 heterocycles. The molecule has 0 amide bonds. The lowest BCUT2D eigenvalue weighted by molar-refractivity contribution is 0.325. The van der Waals surface area contributed by atoms with Gasteiger partial charge in [0.15, 0.2) is 0 Å². The maximum Gasteiger partial charge on any atom is 0.119 e. The van der Waals surface area contributed by atoms with Crippen LogP contribution in [0.4, 0.5) is 0 Å². The molecule has 0 saturated heterocycles. The van der Waals surface area contributed by atoms with Crippen molar-refractivity contribution in [2.45, 2.75) is 65.0 Å². The van der Waals surface area contributed by atoms with E-state index in [1.807, 2.05) is 12.7 Å². The zero-order valence-electron chi connectivity index (χ0n) is 15.3. The van der Waals surface area contributed by atoms with E-state index in [-0.39, 0.29) is 0 Å². The lowest BCUT2D eigenvalue weighted by atomic mass is 10.1. The van der Waals surface area contributed by atoms with Crippen LogP contribution >= 0.6 is 0 Å². The fourth-order valence-corrected chi connectivity index (χ4v) is 3.22. The maximum atomic E-state index is 5.52. The van der Waals surface area contributed by atoms with Gasteiger partial charge in [-0.3, -0.25) is 9.98 Å². The van der Waals surface area contributed by atoms with Crippen LogP contribution in [0.3, 0.4) is 0 Å². The average Bonchev–Trinajstić information content (AvgIpc) is 3.05. The Morgan fingerprint density at radius 1 is 0.833 bits per heavy atom. The zero-order valence-corrected chi connectivity index (χ0v) is 15.3. The van der Waals surface area contributed by atoms with Crippen LogP contribution < -0.4 is 4.74 Å². The summed E-state index contributed by atoms with van der Waals surface area (Å²) >= 11 is 0. The zero-order chi connectivity index (χ0) is 17.3. The van der Waals surface area contributed by atoms with Gasteiger partial charge in [-0.25, -0.2) is 0 Å². The van der Waals surface area contributed by atoms with E-state index in [4.69, 9.17) is 4.74 Å². The molecule has 2 aliphatic heterocycles. The highest BCUT2D eigenvalue weighted by Gasteiger charge is 2.24. The van der Waals surface area contributed by atoms with Crippen LogP contribution in [-0.4, -0.2) is 53.8 Å². The molecule has 4 unspecified atom stereocenters. The molecule has 5 nitrogen and oxygen atoms in total. The first-order valence-electron chi connectivity index (χ1n) is 8.73. The summed E-state index contributed by atoms with van der Waals surface area (Å²) in [6.45, 7) is 10.5. The van der Waals surface area contributed by atoms with Crippen LogP contribution in [0.25, 0.3) is 0 Å². The Labute approximate surface area is 145 Å². The molecule has 0 bridgehead atoms. The second-order valence-corrected chi connectivity index (χ2v) is 7.03. The van der Waals surface area contributed by atoms with Crippen molar-refractivity contribution in [2.75, 3.05) is 7.11 Å². The van der Waals surface area contributed by atoms with Gasteiger partial charge in [-0.05, 0) is 51.0 Å². The van der Waals surface area contributed by atoms with Crippen molar-refractivity contribution >= 4 is 12.7 Å². The van der Waals surface area contributed by atoms with Crippen molar-refractivity contribution in [3.63, 3.8) is 0 Å². The third-order valence-electron chi connectivity index (χ3n) is 5.33. The third-order valence-corrected chi connectivity index (χ3v) is 5.33. The summed E-state index contributed by atoms with van der Waals surface area (Å²) in [6, 6.07) is 8.11.